The molecule has 104 valence electrons. The number of nitrogens with zero attached hydrogens (tertiary/aromatic N) is 1. The van der Waals surface area contributed by atoms with Crippen LogP contribution in [0.4, 0.5) is 0 Å². The zero-order chi connectivity index (χ0) is 13.6. The van der Waals surface area contributed by atoms with E-state index in [1.807, 2.05) is 18.3 Å². The molecule has 2 aliphatic rings. The maximum Gasteiger partial charge on any atom is 0.126 e. The van der Waals surface area contributed by atoms with Gasteiger partial charge < -0.3 is 4.98 Å². The molecule has 2 aromatic rings. The number of imidazole rings is 1. The number of hydroxylamine groups is 1. The normalized spacial score (nSPS) is 23.9. The van der Waals surface area contributed by atoms with Gasteiger partial charge in [-0.15, -0.1) is 0 Å². The summed E-state index contributed by atoms with van der Waals surface area (Å²) in [6.45, 7) is 0. The maximum absolute atomic E-state index is 5.76. The van der Waals surface area contributed by atoms with E-state index >= 15 is 0 Å². The Bertz CT molecular complexity index is 618. The largest absolute Gasteiger partial charge is 0.341 e. The zero-order valence-corrected chi connectivity index (χ0v) is 12.6. The second-order valence-electron chi connectivity index (χ2n) is 5.70. The molecular weight excluding hydrogens is 318 g/mol. The number of hydrogen-bond donors (Lipinski definition) is 2. The molecule has 5 heteroatoms. The van der Waals surface area contributed by atoms with Gasteiger partial charge in [-0.3, -0.25) is 4.84 Å². The van der Waals surface area contributed by atoms with Crippen molar-refractivity contribution >= 4 is 15.9 Å². The fraction of sp³-hybridized carbons (Fsp3) is 0.400. The van der Waals surface area contributed by atoms with Crippen molar-refractivity contribution in [2.45, 2.75) is 37.3 Å². The van der Waals surface area contributed by atoms with Crippen molar-refractivity contribution in [2.75, 3.05) is 0 Å². The van der Waals surface area contributed by atoms with Crippen molar-refractivity contribution in [1.82, 2.24) is 15.4 Å². The second kappa shape index (κ2) is 4.69. The molecule has 4 nitrogen and oxygen atoms in total. The Kier molecular flexibility index (Phi) is 2.94. The standard InChI is InChI=1S/C15H16BrN3O/c16-11-4-2-10(3-5-11)13-9-17-14(18-13)12-8-15(20-19-12)6-1-7-15/h2-5,9,12,19H,1,6-8H2,(H,17,18). The van der Waals surface area contributed by atoms with Gasteiger partial charge in [-0.2, -0.15) is 5.48 Å². The molecule has 1 saturated carbocycles. The first kappa shape index (κ1) is 12.6. The SMILES string of the molecule is Brc1ccc(-c2cnc(C3CC4(CCC4)ON3)[nH]2)cc1. The van der Waals surface area contributed by atoms with Gasteiger partial charge in [-0.25, -0.2) is 4.98 Å². The summed E-state index contributed by atoms with van der Waals surface area (Å²) in [6, 6.07) is 8.41. The number of H-pyrrole nitrogens is 1. The summed E-state index contributed by atoms with van der Waals surface area (Å²) in [6.07, 6.45) is 6.51. The Morgan fingerprint density at radius 1 is 1.25 bits per heavy atom. The van der Waals surface area contributed by atoms with Crippen LogP contribution in [-0.4, -0.2) is 15.6 Å². The fourth-order valence-corrected chi connectivity index (χ4v) is 3.24. The number of hydrogen-bond acceptors (Lipinski definition) is 3. The predicted molar refractivity (Wildman–Crippen MR) is 79.9 cm³/mol. The van der Waals surface area contributed by atoms with Gasteiger partial charge in [-0.1, -0.05) is 28.1 Å². The van der Waals surface area contributed by atoms with Crippen LogP contribution in [0.5, 0.6) is 0 Å². The quantitative estimate of drug-likeness (QED) is 0.880. The summed E-state index contributed by atoms with van der Waals surface area (Å²) in [5.41, 5.74) is 5.40. The molecule has 0 radical (unpaired) electrons. The summed E-state index contributed by atoms with van der Waals surface area (Å²) < 4.78 is 1.08. The molecule has 1 aliphatic carbocycles. The van der Waals surface area contributed by atoms with Crippen molar-refractivity contribution in [3.63, 3.8) is 0 Å². The average Bonchev–Trinajstić information content (AvgIpc) is 3.05. The highest BCUT2D eigenvalue weighted by atomic mass is 79.9. The summed E-state index contributed by atoms with van der Waals surface area (Å²) in [5, 5.41) is 0. The van der Waals surface area contributed by atoms with Crippen molar-refractivity contribution in [3.05, 3.63) is 40.8 Å². The molecule has 1 unspecified atom stereocenters. The lowest BCUT2D eigenvalue weighted by molar-refractivity contribution is -0.103. The first-order valence-electron chi connectivity index (χ1n) is 6.99. The Hall–Kier alpha value is -1.17. The predicted octanol–water partition coefficient (Wildman–Crippen LogP) is 3.73. The summed E-state index contributed by atoms with van der Waals surface area (Å²) >= 11 is 3.45. The number of halogens is 1. The van der Waals surface area contributed by atoms with E-state index in [1.54, 1.807) is 0 Å². The molecule has 2 N–H and O–H groups in total. The molecule has 0 amide bonds. The van der Waals surface area contributed by atoms with E-state index < -0.39 is 0 Å². The van der Waals surface area contributed by atoms with Gasteiger partial charge in [-0.05, 0) is 37.0 Å². The van der Waals surface area contributed by atoms with Crippen LogP contribution in [0.15, 0.2) is 34.9 Å². The third-order valence-corrected chi connectivity index (χ3v) is 4.87. The van der Waals surface area contributed by atoms with Crippen LogP contribution in [0, 0.1) is 0 Å². The molecule has 0 bridgehead atoms. The molecule has 4 rings (SSSR count). The number of aromatic nitrogens is 2. The van der Waals surface area contributed by atoms with E-state index in [2.05, 4.69) is 43.5 Å². The fourth-order valence-electron chi connectivity index (χ4n) is 2.97. The third-order valence-electron chi connectivity index (χ3n) is 4.34. The highest BCUT2D eigenvalue weighted by molar-refractivity contribution is 9.10. The molecule has 1 aliphatic heterocycles. The summed E-state index contributed by atoms with van der Waals surface area (Å²) in [5.74, 6) is 0.965. The van der Waals surface area contributed by atoms with Gasteiger partial charge in [0.05, 0.1) is 23.5 Å². The number of benzene rings is 1. The first-order chi connectivity index (χ1) is 9.74. The third kappa shape index (κ3) is 2.10. The lowest BCUT2D eigenvalue weighted by Gasteiger charge is -2.35. The smallest absolute Gasteiger partial charge is 0.126 e. The van der Waals surface area contributed by atoms with Crippen LogP contribution in [0.3, 0.4) is 0 Å². The van der Waals surface area contributed by atoms with Gasteiger partial charge in [0.2, 0.25) is 0 Å². The van der Waals surface area contributed by atoms with E-state index in [9.17, 15) is 0 Å². The lowest BCUT2D eigenvalue weighted by Crippen LogP contribution is -2.36. The molecule has 1 aromatic heterocycles. The van der Waals surface area contributed by atoms with E-state index in [0.717, 1.165) is 40.8 Å². The Morgan fingerprint density at radius 3 is 2.70 bits per heavy atom. The Morgan fingerprint density at radius 2 is 2.05 bits per heavy atom. The Labute approximate surface area is 126 Å². The van der Waals surface area contributed by atoms with Crippen LogP contribution in [0.1, 0.15) is 37.5 Å². The second-order valence-corrected chi connectivity index (χ2v) is 6.62. The first-order valence-corrected chi connectivity index (χ1v) is 7.78. The molecule has 1 spiro atoms. The number of nitrogens with one attached hydrogen (secondary N) is 2. The molecule has 20 heavy (non-hydrogen) atoms. The van der Waals surface area contributed by atoms with Crippen molar-refractivity contribution in [1.29, 1.82) is 0 Å². The van der Waals surface area contributed by atoms with Crippen molar-refractivity contribution < 1.29 is 4.84 Å². The van der Waals surface area contributed by atoms with E-state index in [1.165, 1.54) is 6.42 Å². The van der Waals surface area contributed by atoms with E-state index in [-0.39, 0.29) is 11.6 Å². The number of aromatic amines is 1. The van der Waals surface area contributed by atoms with E-state index in [0.29, 0.717) is 0 Å². The average molecular weight is 334 g/mol. The zero-order valence-electron chi connectivity index (χ0n) is 11.0. The molecule has 1 atom stereocenters. The van der Waals surface area contributed by atoms with Gasteiger partial charge in [0.1, 0.15) is 5.82 Å². The lowest BCUT2D eigenvalue weighted by atomic mass is 9.77. The molecule has 2 fully saturated rings. The molecule has 1 aromatic carbocycles. The highest BCUT2D eigenvalue weighted by Gasteiger charge is 2.46. The van der Waals surface area contributed by atoms with Crippen LogP contribution in [0.2, 0.25) is 0 Å². The summed E-state index contributed by atoms with van der Waals surface area (Å²) in [7, 11) is 0. The molecule has 1 saturated heterocycles. The van der Waals surface area contributed by atoms with Crippen LogP contribution in [-0.2, 0) is 4.84 Å². The minimum Gasteiger partial charge on any atom is -0.341 e. The Balaban J connectivity index is 1.55. The van der Waals surface area contributed by atoms with Gasteiger partial charge in [0.15, 0.2) is 0 Å². The molecular formula is C15H16BrN3O. The van der Waals surface area contributed by atoms with Crippen LogP contribution < -0.4 is 5.48 Å². The van der Waals surface area contributed by atoms with Crippen molar-refractivity contribution in [3.8, 4) is 11.3 Å². The summed E-state index contributed by atoms with van der Waals surface area (Å²) in [4.78, 5) is 13.7. The van der Waals surface area contributed by atoms with Crippen LogP contribution >= 0.6 is 15.9 Å². The number of rotatable bonds is 2. The molecule has 2 heterocycles. The van der Waals surface area contributed by atoms with Crippen LogP contribution in [0.25, 0.3) is 11.3 Å². The minimum absolute atomic E-state index is 0.0786. The van der Waals surface area contributed by atoms with Gasteiger partial charge in [0.25, 0.3) is 0 Å². The minimum atomic E-state index is 0.0786. The topological polar surface area (TPSA) is 49.9 Å². The maximum atomic E-state index is 5.76. The van der Waals surface area contributed by atoms with Crippen molar-refractivity contribution in [2.24, 2.45) is 0 Å². The van der Waals surface area contributed by atoms with Gasteiger partial charge in [0, 0.05) is 10.9 Å². The monoisotopic (exact) mass is 333 g/mol. The highest BCUT2D eigenvalue weighted by Crippen LogP contribution is 2.45. The van der Waals surface area contributed by atoms with Gasteiger partial charge >= 0.3 is 0 Å². The van der Waals surface area contributed by atoms with E-state index in [4.69, 9.17) is 4.84 Å².